The fourth-order valence-corrected chi connectivity index (χ4v) is 3.14. The van der Waals surface area contributed by atoms with Crippen molar-refractivity contribution >= 4 is 23.5 Å². The number of halogens is 1. The minimum absolute atomic E-state index is 0.0398. The molecular formula is C15H17ClN4O4. The van der Waals surface area contributed by atoms with E-state index in [-0.39, 0.29) is 17.5 Å². The SMILES string of the molecule is O=C(CCc1cc(Cl)no1)N1CCC(C(=O)O)(n2cccn2)CC1. The van der Waals surface area contributed by atoms with Gasteiger partial charge in [0.15, 0.2) is 10.7 Å². The normalized spacial score (nSPS) is 17.0. The van der Waals surface area contributed by atoms with Gasteiger partial charge in [-0.05, 0) is 6.07 Å². The van der Waals surface area contributed by atoms with Crippen molar-refractivity contribution in [3.8, 4) is 0 Å². The van der Waals surface area contributed by atoms with Gasteiger partial charge in [0, 0.05) is 57.2 Å². The topological polar surface area (TPSA) is 101 Å². The summed E-state index contributed by atoms with van der Waals surface area (Å²) in [7, 11) is 0. The maximum Gasteiger partial charge on any atom is 0.331 e. The van der Waals surface area contributed by atoms with E-state index in [1.807, 2.05) is 0 Å². The molecule has 0 unspecified atom stereocenters. The van der Waals surface area contributed by atoms with Crippen LogP contribution in [0.4, 0.5) is 0 Å². The van der Waals surface area contributed by atoms with Crippen LogP contribution in [0.25, 0.3) is 0 Å². The second-order valence-electron chi connectivity index (χ2n) is 5.78. The molecule has 0 aromatic carbocycles. The lowest BCUT2D eigenvalue weighted by Crippen LogP contribution is -2.52. The molecule has 0 atom stereocenters. The highest BCUT2D eigenvalue weighted by atomic mass is 35.5. The van der Waals surface area contributed by atoms with E-state index in [1.165, 1.54) is 4.68 Å². The van der Waals surface area contributed by atoms with Crippen molar-refractivity contribution in [2.45, 2.75) is 31.2 Å². The van der Waals surface area contributed by atoms with Crippen molar-refractivity contribution in [2.24, 2.45) is 0 Å². The Morgan fingerprint density at radius 3 is 2.67 bits per heavy atom. The quantitative estimate of drug-likeness (QED) is 0.876. The van der Waals surface area contributed by atoms with Crippen LogP contribution in [-0.2, 0) is 21.5 Å². The number of carbonyl (C=O) groups is 2. The van der Waals surface area contributed by atoms with Gasteiger partial charge in [-0.3, -0.25) is 9.48 Å². The van der Waals surface area contributed by atoms with Crippen LogP contribution in [-0.4, -0.2) is 49.9 Å². The number of hydrogen-bond donors (Lipinski definition) is 1. The van der Waals surface area contributed by atoms with E-state index in [1.54, 1.807) is 29.4 Å². The molecule has 0 saturated carbocycles. The predicted octanol–water partition coefficient (Wildman–Crippen LogP) is 1.56. The highest BCUT2D eigenvalue weighted by Crippen LogP contribution is 2.30. The van der Waals surface area contributed by atoms with Gasteiger partial charge in [0.25, 0.3) is 0 Å². The Morgan fingerprint density at radius 1 is 1.38 bits per heavy atom. The fraction of sp³-hybridized carbons (Fsp3) is 0.467. The van der Waals surface area contributed by atoms with Crippen LogP contribution in [0.1, 0.15) is 25.0 Å². The maximum atomic E-state index is 12.3. The molecule has 2 aromatic rings. The number of hydrogen-bond acceptors (Lipinski definition) is 5. The van der Waals surface area contributed by atoms with Crippen molar-refractivity contribution < 1.29 is 19.2 Å². The van der Waals surface area contributed by atoms with Gasteiger partial charge < -0.3 is 14.5 Å². The molecule has 8 nitrogen and oxygen atoms in total. The molecule has 2 aromatic heterocycles. The Hall–Kier alpha value is -2.35. The first-order valence-corrected chi connectivity index (χ1v) is 8.01. The third kappa shape index (κ3) is 3.14. The first kappa shape index (κ1) is 16.5. The Bertz CT molecular complexity index is 720. The zero-order valence-electron chi connectivity index (χ0n) is 12.9. The van der Waals surface area contributed by atoms with Crippen LogP contribution in [0.2, 0.25) is 5.15 Å². The van der Waals surface area contributed by atoms with Crippen molar-refractivity contribution in [3.63, 3.8) is 0 Å². The Morgan fingerprint density at radius 2 is 2.12 bits per heavy atom. The molecule has 1 N–H and O–H groups in total. The summed E-state index contributed by atoms with van der Waals surface area (Å²) in [5.74, 6) is -0.404. The van der Waals surface area contributed by atoms with Gasteiger partial charge in [-0.2, -0.15) is 5.10 Å². The smallest absolute Gasteiger partial charge is 0.331 e. The van der Waals surface area contributed by atoms with Crippen LogP contribution in [0.3, 0.4) is 0 Å². The first-order chi connectivity index (χ1) is 11.5. The van der Waals surface area contributed by atoms with E-state index < -0.39 is 11.5 Å². The Kier molecular flexibility index (Phi) is 4.57. The van der Waals surface area contributed by atoms with Crippen molar-refractivity contribution in [1.82, 2.24) is 19.8 Å². The second-order valence-corrected chi connectivity index (χ2v) is 6.17. The maximum absolute atomic E-state index is 12.3. The zero-order chi connectivity index (χ0) is 17.2. The molecule has 1 aliphatic rings. The lowest BCUT2D eigenvalue weighted by molar-refractivity contribution is -0.153. The number of rotatable bonds is 5. The van der Waals surface area contributed by atoms with E-state index >= 15 is 0 Å². The Labute approximate surface area is 143 Å². The summed E-state index contributed by atoms with van der Waals surface area (Å²) in [6.45, 7) is 0.754. The molecule has 0 radical (unpaired) electrons. The molecule has 1 amide bonds. The molecule has 1 saturated heterocycles. The van der Waals surface area contributed by atoms with E-state index in [4.69, 9.17) is 16.1 Å². The van der Waals surface area contributed by atoms with Gasteiger partial charge in [0.05, 0.1) is 0 Å². The summed E-state index contributed by atoms with van der Waals surface area (Å²) < 4.78 is 6.45. The van der Waals surface area contributed by atoms with Gasteiger partial charge in [-0.1, -0.05) is 16.8 Å². The second kappa shape index (κ2) is 6.64. The third-order valence-corrected chi connectivity index (χ3v) is 4.58. The number of amides is 1. The number of nitrogens with zero attached hydrogens (tertiary/aromatic N) is 4. The largest absolute Gasteiger partial charge is 0.479 e. The summed E-state index contributed by atoms with van der Waals surface area (Å²) in [6.07, 6.45) is 4.55. The summed E-state index contributed by atoms with van der Waals surface area (Å²) in [5.41, 5.74) is -1.08. The van der Waals surface area contributed by atoms with Gasteiger partial charge in [0.2, 0.25) is 5.91 Å². The van der Waals surface area contributed by atoms with Gasteiger partial charge in [-0.15, -0.1) is 0 Å². The summed E-state index contributed by atoms with van der Waals surface area (Å²) in [4.78, 5) is 25.8. The molecular weight excluding hydrogens is 336 g/mol. The van der Waals surface area contributed by atoms with Gasteiger partial charge in [-0.25, -0.2) is 4.79 Å². The van der Waals surface area contributed by atoms with Crippen LogP contribution in [0.5, 0.6) is 0 Å². The average molecular weight is 353 g/mol. The van der Waals surface area contributed by atoms with Crippen LogP contribution >= 0.6 is 11.6 Å². The predicted molar refractivity (Wildman–Crippen MR) is 83.5 cm³/mol. The van der Waals surface area contributed by atoms with Crippen molar-refractivity contribution in [3.05, 3.63) is 35.4 Å². The van der Waals surface area contributed by atoms with E-state index in [2.05, 4.69) is 10.3 Å². The molecule has 0 aliphatic carbocycles. The van der Waals surface area contributed by atoms with Crippen molar-refractivity contribution in [2.75, 3.05) is 13.1 Å². The number of carbonyl (C=O) groups excluding carboxylic acids is 1. The fourth-order valence-electron chi connectivity index (χ4n) is 2.98. The van der Waals surface area contributed by atoms with Crippen LogP contribution in [0.15, 0.2) is 29.0 Å². The first-order valence-electron chi connectivity index (χ1n) is 7.64. The minimum Gasteiger partial charge on any atom is -0.479 e. The van der Waals surface area contributed by atoms with Crippen LogP contribution < -0.4 is 0 Å². The summed E-state index contributed by atoms with van der Waals surface area (Å²) in [6, 6.07) is 3.28. The standard InChI is InChI=1S/C15H17ClN4O4/c16-12-10-11(24-18-12)2-3-13(21)19-8-4-15(5-9-19,14(22)23)20-7-1-6-17-20/h1,6-7,10H,2-5,8-9H2,(H,22,23). The molecule has 9 heteroatoms. The van der Waals surface area contributed by atoms with Gasteiger partial charge in [0.1, 0.15) is 5.76 Å². The molecule has 3 heterocycles. The van der Waals surface area contributed by atoms with E-state index in [0.717, 1.165) is 0 Å². The molecule has 3 rings (SSSR count). The molecule has 0 bridgehead atoms. The monoisotopic (exact) mass is 352 g/mol. The molecule has 24 heavy (non-hydrogen) atoms. The van der Waals surface area contributed by atoms with Crippen LogP contribution in [0, 0.1) is 0 Å². The Balaban J connectivity index is 1.59. The number of aliphatic carboxylic acids is 1. The van der Waals surface area contributed by atoms with E-state index in [0.29, 0.717) is 38.1 Å². The number of piperidine rings is 1. The molecule has 128 valence electrons. The highest BCUT2D eigenvalue weighted by molar-refractivity contribution is 6.29. The lowest BCUT2D eigenvalue weighted by Gasteiger charge is -2.39. The number of carboxylic acids is 1. The average Bonchev–Trinajstić information content (AvgIpc) is 3.24. The number of aryl methyl sites for hydroxylation is 1. The zero-order valence-corrected chi connectivity index (χ0v) is 13.6. The summed E-state index contributed by atoms with van der Waals surface area (Å²) >= 11 is 5.67. The van der Waals surface area contributed by atoms with Crippen molar-refractivity contribution in [1.29, 1.82) is 0 Å². The molecule has 1 aliphatic heterocycles. The number of likely N-dealkylation sites (tertiary alicyclic amines) is 1. The minimum atomic E-state index is -1.08. The molecule has 1 fully saturated rings. The van der Waals surface area contributed by atoms with E-state index in [9.17, 15) is 14.7 Å². The summed E-state index contributed by atoms with van der Waals surface area (Å²) in [5, 5.41) is 17.6. The lowest BCUT2D eigenvalue weighted by atomic mass is 9.87. The number of carboxylic acid groups (broad SMARTS) is 1. The molecule has 0 spiro atoms. The van der Waals surface area contributed by atoms with Gasteiger partial charge >= 0.3 is 5.97 Å². The number of aromatic nitrogens is 3. The third-order valence-electron chi connectivity index (χ3n) is 4.40. The highest BCUT2D eigenvalue weighted by Gasteiger charge is 2.44.